The van der Waals surface area contributed by atoms with Crippen LogP contribution >= 0.6 is 0 Å². The zero-order valence-corrected chi connectivity index (χ0v) is 10.1. The second kappa shape index (κ2) is 5.50. The van der Waals surface area contributed by atoms with E-state index >= 15 is 0 Å². The Hall–Kier alpha value is -0.570. The van der Waals surface area contributed by atoms with Crippen LogP contribution in [0.1, 0.15) is 33.6 Å². The average molecular weight is 213 g/mol. The first-order valence-electron chi connectivity index (χ1n) is 5.96. The fraction of sp³-hybridized carbons (Fsp3) is 0.917. The van der Waals surface area contributed by atoms with Gasteiger partial charge in [0.1, 0.15) is 0 Å². The molecule has 0 amide bonds. The number of aliphatic carboxylic acids is 1. The predicted molar refractivity (Wildman–Crippen MR) is 60.8 cm³/mol. The van der Waals surface area contributed by atoms with Gasteiger partial charge in [0, 0.05) is 13.1 Å². The topological polar surface area (TPSA) is 40.5 Å². The van der Waals surface area contributed by atoms with Crippen LogP contribution in [0.25, 0.3) is 0 Å². The van der Waals surface area contributed by atoms with Gasteiger partial charge >= 0.3 is 5.97 Å². The Labute approximate surface area is 92.5 Å². The van der Waals surface area contributed by atoms with Gasteiger partial charge < -0.3 is 10.0 Å². The Bertz CT molecular complexity index is 216. The quantitative estimate of drug-likeness (QED) is 0.760. The highest BCUT2D eigenvalue weighted by Crippen LogP contribution is 2.23. The second-order valence-corrected chi connectivity index (χ2v) is 5.22. The lowest BCUT2D eigenvalue weighted by Gasteiger charge is -2.15. The first-order chi connectivity index (χ1) is 7.00. The van der Waals surface area contributed by atoms with Crippen molar-refractivity contribution >= 4 is 5.97 Å². The third kappa shape index (κ3) is 3.82. The van der Waals surface area contributed by atoms with E-state index in [1.165, 1.54) is 12.8 Å². The molecule has 0 spiro atoms. The maximum atomic E-state index is 10.9. The van der Waals surface area contributed by atoms with E-state index in [1.807, 2.05) is 6.92 Å². The number of hydrogen-bond donors (Lipinski definition) is 1. The number of likely N-dealkylation sites (tertiary alicyclic amines) is 1. The van der Waals surface area contributed by atoms with Gasteiger partial charge in [0.05, 0.1) is 5.92 Å². The fourth-order valence-corrected chi connectivity index (χ4v) is 2.29. The predicted octanol–water partition coefficient (Wildman–Crippen LogP) is 2.08. The molecule has 0 bridgehead atoms. The molecule has 0 aromatic rings. The Morgan fingerprint density at radius 3 is 2.60 bits per heavy atom. The van der Waals surface area contributed by atoms with Gasteiger partial charge in [-0.25, -0.2) is 0 Å². The lowest BCUT2D eigenvalue weighted by atomic mass is 9.99. The molecule has 0 aromatic heterocycles. The van der Waals surface area contributed by atoms with Gasteiger partial charge in [0.15, 0.2) is 0 Å². The smallest absolute Gasteiger partial charge is 0.308 e. The standard InChI is InChI=1S/C12H23NO2/c1-9(2)5-4-6-13-7-10(3)11(8-13)12(14)15/h9-11H,4-8H2,1-3H3,(H,14,15). The maximum absolute atomic E-state index is 10.9. The Balaban J connectivity index is 2.26. The molecule has 1 aliphatic heterocycles. The van der Waals surface area contributed by atoms with E-state index in [4.69, 9.17) is 5.11 Å². The molecule has 1 fully saturated rings. The van der Waals surface area contributed by atoms with Crippen molar-refractivity contribution in [2.75, 3.05) is 19.6 Å². The molecule has 15 heavy (non-hydrogen) atoms. The molecule has 1 N–H and O–H groups in total. The van der Waals surface area contributed by atoms with E-state index < -0.39 is 5.97 Å². The van der Waals surface area contributed by atoms with Gasteiger partial charge in [-0.1, -0.05) is 20.8 Å². The van der Waals surface area contributed by atoms with Crippen molar-refractivity contribution in [1.29, 1.82) is 0 Å². The molecule has 0 aromatic carbocycles. The van der Waals surface area contributed by atoms with Gasteiger partial charge in [-0.15, -0.1) is 0 Å². The van der Waals surface area contributed by atoms with Gasteiger partial charge in [0.2, 0.25) is 0 Å². The van der Waals surface area contributed by atoms with Crippen LogP contribution in [0.4, 0.5) is 0 Å². The van der Waals surface area contributed by atoms with E-state index in [2.05, 4.69) is 18.7 Å². The molecule has 0 aliphatic carbocycles. The van der Waals surface area contributed by atoms with Crippen molar-refractivity contribution in [3.05, 3.63) is 0 Å². The first kappa shape index (κ1) is 12.5. The minimum absolute atomic E-state index is 0.149. The molecule has 1 saturated heterocycles. The summed E-state index contributed by atoms with van der Waals surface area (Å²) < 4.78 is 0. The van der Waals surface area contributed by atoms with Crippen LogP contribution in [-0.2, 0) is 4.79 Å². The molecule has 88 valence electrons. The molecular weight excluding hydrogens is 190 g/mol. The van der Waals surface area contributed by atoms with Gasteiger partial charge in [-0.05, 0) is 31.2 Å². The summed E-state index contributed by atoms with van der Waals surface area (Å²) in [5.74, 6) is 0.278. The molecule has 0 saturated carbocycles. The van der Waals surface area contributed by atoms with Crippen LogP contribution in [0.2, 0.25) is 0 Å². The molecular formula is C12H23NO2. The van der Waals surface area contributed by atoms with Crippen LogP contribution in [0.3, 0.4) is 0 Å². The molecule has 1 heterocycles. The maximum Gasteiger partial charge on any atom is 0.308 e. The Morgan fingerprint density at radius 2 is 2.13 bits per heavy atom. The number of nitrogens with zero attached hydrogens (tertiary/aromatic N) is 1. The van der Waals surface area contributed by atoms with E-state index in [1.54, 1.807) is 0 Å². The second-order valence-electron chi connectivity index (χ2n) is 5.22. The van der Waals surface area contributed by atoms with Crippen LogP contribution in [-0.4, -0.2) is 35.6 Å². The van der Waals surface area contributed by atoms with Crippen molar-refractivity contribution in [3.63, 3.8) is 0 Å². The number of rotatable bonds is 5. The van der Waals surface area contributed by atoms with Crippen LogP contribution in [0.5, 0.6) is 0 Å². The van der Waals surface area contributed by atoms with Crippen LogP contribution in [0, 0.1) is 17.8 Å². The molecule has 3 nitrogen and oxygen atoms in total. The molecule has 2 unspecified atom stereocenters. The lowest BCUT2D eigenvalue weighted by Crippen LogP contribution is -2.24. The lowest BCUT2D eigenvalue weighted by molar-refractivity contribution is -0.142. The van der Waals surface area contributed by atoms with Crippen molar-refractivity contribution in [1.82, 2.24) is 4.90 Å². The van der Waals surface area contributed by atoms with Gasteiger partial charge in [0.25, 0.3) is 0 Å². The molecule has 3 heteroatoms. The highest BCUT2D eigenvalue weighted by Gasteiger charge is 2.34. The summed E-state index contributed by atoms with van der Waals surface area (Å²) in [4.78, 5) is 13.2. The van der Waals surface area contributed by atoms with Crippen LogP contribution < -0.4 is 0 Å². The third-order valence-corrected chi connectivity index (χ3v) is 3.26. The number of carbonyl (C=O) groups is 1. The van der Waals surface area contributed by atoms with Gasteiger partial charge in [-0.2, -0.15) is 0 Å². The molecule has 0 radical (unpaired) electrons. The van der Waals surface area contributed by atoms with E-state index in [0.29, 0.717) is 5.92 Å². The fourth-order valence-electron chi connectivity index (χ4n) is 2.29. The number of carboxylic acids is 1. The molecule has 2 atom stereocenters. The third-order valence-electron chi connectivity index (χ3n) is 3.26. The summed E-state index contributed by atoms with van der Waals surface area (Å²) in [6, 6.07) is 0. The first-order valence-corrected chi connectivity index (χ1v) is 5.96. The minimum atomic E-state index is -0.631. The van der Waals surface area contributed by atoms with Crippen molar-refractivity contribution in [2.24, 2.45) is 17.8 Å². The van der Waals surface area contributed by atoms with E-state index in [-0.39, 0.29) is 5.92 Å². The normalized spacial score (nSPS) is 27.5. The van der Waals surface area contributed by atoms with E-state index in [9.17, 15) is 4.79 Å². The zero-order valence-electron chi connectivity index (χ0n) is 10.1. The SMILES string of the molecule is CC(C)CCCN1CC(C)C(C(=O)O)C1. The molecule has 1 aliphatic rings. The average Bonchev–Trinajstić information content (AvgIpc) is 2.46. The van der Waals surface area contributed by atoms with E-state index in [0.717, 1.165) is 25.6 Å². The summed E-state index contributed by atoms with van der Waals surface area (Å²) in [6.45, 7) is 9.26. The summed E-state index contributed by atoms with van der Waals surface area (Å²) in [7, 11) is 0. The van der Waals surface area contributed by atoms with Crippen molar-refractivity contribution < 1.29 is 9.90 Å². The van der Waals surface area contributed by atoms with Crippen molar-refractivity contribution in [2.45, 2.75) is 33.6 Å². The monoisotopic (exact) mass is 213 g/mol. The summed E-state index contributed by atoms with van der Waals surface area (Å²) in [6.07, 6.45) is 2.43. The Kier molecular flexibility index (Phi) is 4.58. The number of hydrogen-bond acceptors (Lipinski definition) is 2. The van der Waals surface area contributed by atoms with Gasteiger partial charge in [-0.3, -0.25) is 4.79 Å². The van der Waals surface area contributed by atoms with Crippen LogP contribution in [0.15, 0.2) is 0 Å². The largest absolute Gasteiger partial charge is 0.481 e. The highest BCUT2D eigenvalue weighted by molar-refractivity contribution is 5.71. The molecule has 1 rings (SSSR count). The Morgan fingerprint density at radius 1 is 1.47 bits per heavy atom. The summed E-state index contributed by atoms with van der Waals surface area (Å²) in [5.41, 5.74) is 0. The summed E-state index contributed by atoms with van der Waals surface area (Å²) in [5, 5.41) is 8.99. The summed E-state index contributed by atoms with van der Waals surface area (Å²) >= 11 is 0. The zero-order chi connectivity index (χ0) is 11.4. The minimum Gasteiger partial charge on any atom is -0.481 e. The van der Waals surface area contributed by atoms with Crippen molar-refractivity contribution in [3.8, 4) is 0 Å². The number of carboxylic acid groups (broad SMARTS) is 1. The highest BCUT2D eigenvalue weighted by atomic mass is 16.4.